The SMILES string of the molecule is CN1[C@@H](CC(=O)N2CCOCC2)CC[C@H]1CNC(=O)C=Cc1ccccc1. The molecule has 0 bridgehead atoms. The second kappa shape index (κ2) is 9.67. The average Bonchev–Trinajstić information content (AvgIpc) is 3.05. The first-order chi connectivity index (χ1) is 13.1. The number of amides is 2. The Morgan fingerprint density at radius 3 is 2.59 bits per heavy atom. The van der Waals surface area contributed by atoms with Crippen LogP contribution in [0.4, 0.5) is 0 Å². The van der Waals surface area contributed by atoms with Crippen molar-refractivity contribution in [3.63, 3.8) is 0 Å². The number of ether oxygens (including phenoxy) is 1. The molecule has 2 atom stereocenters. The normalized spacial score (nSPS) is 23.7. The van der Waals surface area contributed by atoms with Gasteiger partial charge >= 0.3 is 0 Å². The van der Waals surface area contributed by atoms with E-state index in [-0.39, 0.29) is 23.9 Å². The van der Waals surface area contributed by atoms with Crippen LogP contribution in [0.1, 0.15) is 24.8 Å². The number of nitrogens with zero attached hydrogens (tertiary/aromatic N) is 2. The highest BCUT2D eigenvalue weighted by Crippen LogP contribution is 2.25. The summed E-state index contributed by atoms with van der Waals surface area (Å²) in [5.41, 5.74) is 1.01. The van der Waals surface area contributed by atoms with Crippen LogP contribution in [0.25, 0.3) is 6.08 Å². The minimum absolute atomic E-state index is 0.0832. The van der Waals surface area contributed by atoms with Crippen molar-refractivity contribution < 1.29 is 14.3 Å². The molecular weight excluding hydrogens is 342 g/mol. The lowest BCUT2D eigenvalue weighted by atomic mass is 10.1. The van der Waals surface area contributed by atoms with Crippen molar-refractivity contribution in [2.45, 2.75) is 31.3 Å². The molecule has 6 heteroatoms. The second-order valence-electron chi connectivity index (χ2n) is 7.24. The number of benzene rings is 1. The fourth-order valence-electron chi connectivity index (χ4n) is 3.74. The van der Waals surface area contributed by atoms with Gasteiger partial charge in [-0.3, -0.25) is 14.5 Å². The van der Waals surface area contributed by atoms with Crippen molar-refractivity contribution in [2.75, 3.05) is 39.9 Å². The van der Waals surface area contributed by atoms with E-state index in [1.54, 1.807) is 6.08 Å². The van der Waals surface area contributed by atoms with Crippen LogP contribution in [0, 0.1) is 0 Å². The third-order valence-corrected chi connectivity index (χ3v) is 5.50. The Hall–Kier alpha value is -2.18. The molecule has 1 N–H and O–H groups in total. The van der Waals surface area contributed by atoms with E-state index in [9.17, 15) is 9.59 Å². The van der Waals surface area contributed by atoms with E-state index in [4.69, 9.17) is 4.74 Å². The van der Waals surface area contributed by atoms with Crippen molar-refractivity contribution >= 4 is 17.9 Å². The number of rotatable bonds is 6. The first-order valence-corrected chi connectivity index (χ1v) is 9.72. The van der Waals surface area contributed by atoms with Crippen LogP contribution < -0.4 is 5.32 Å². The van der Waals surface area contributed by atoms with Crippen LogP contribution >= 0.6 is 0 Å². The Morgan fingerprint density at radius 2 is 1.85 bits per heavy atom. The molecule has 0 saturated carbocycles. The van der Waals surface area contributed by atoms with Gasteiger partial charge in [0.15, 0.2) is 0 Å². The monoisotopic (exact) mass is 371 g/mol. The van der Waals surface area contributed by atoms with Crippen LogP contribution in [0.15, 0.2) is 36.4 Å². The summed E-state index contributed by atoms with van der Waals surface area (Å²) in [6.07, 6.45) is 5.93. The molecule has 6 nitrogen and oxygen atoms in total. The van der Waals surface area contributed by atoms with Gasteiger partial charge in [0.05, 0.1) is 13.2 Å². The van der Waals surface area contributed by atoms with Gasteiger partial charge in [-0.05, 0) is 31.5 Å². The van der Waals surface area contributed by atoms with Crippen LogP contribution in [0.5, 0.6) is 0 Å². The van der Waals surface area contributed by atoms with Gasteiger partial charge in [0.25, 0.3) is 0 Å². The molecule has 1 aromatic rings. The molecule has 146 valence electrons. The number of likely N-dealkylation sites (tertiary alicyclic amines) is 1. The quantitative estimate of drug-likeness (QED) is 0.771. The molecule has 2 aliphatic heterocycles. The molecule has 3 rings (SSSR count). The maximum atomic E-state index is 12.5. The number of nitrogens with one attached hydrogen (secondary N) is 1. The highest BCUT2D eigenvalue weighted by atomic mass is 16.5. The summed E-state index contributed by atoms with van der Waals surface area (Å²) in [7, 11) is 2.06. The van der Waals surface area contributed by atoms with Crippen molar-refractivity contribution in [3.05, 3.63) is 42.0 Å². The molecule has 0 aromatic heterocycles. The topological polar surface area (TPSA) is 61.9 Å². The molecule has 2 amide bonds. The predicted molar refractivity (Wildman–Crippen MR) is 105 cm³/mol. The van der Waals surface area contributed by atoms with Crippen LogP contribution in [0.3, 0.4) is 0 Å². The summed E-state index contributed by atoms with van der Waals surface area (Å²) in [4.78, 5) is 28.7. The summed E-state index contributed by atoms with van der Waals surface area (Å²) in [5, 5.41) is 2.98. The molecule has 0 radical (unpaired) electrons. The molecule has 2 heterocycles. The van der Waals surface area contributed by atoms with Crippen molar-refractivity contribution in [2.24, 2.45) is 0 Å². The molecule has 0 spiro atoms. The van der Waals surface area contributed by atoms with Crippen molar-refractivity contribution in [1.29, 1.82) is 0 Å². The van der Waals surface area contributed by atoms with Gasteiger partial charge in [-0.15, -0.1) is 0 Å². The van der Waals surface area contributed by atoms with Gasteiger partial charge in [-0.25, -0.2) is 0 Å². The maximum absolute atomic E-state index is 12.5. The summed E-state index contributed by atoms with van der Waals surface area (Å²) in [6.45, 7) is 3.27. The van der Waals surface area contributed by atoms with Gasteiger partial charge in [-0.2, -0.15) is 0 Å². The van der Waals surface area contributed by atoms with Gasteiger partial charge < -0.3 is 15.0 Å². The van der Waals surface area contributed by atoms with Gasteiger partial charge in [-0.1, -0.05) is 30.3 Å². The fourth-order valence-corrected chi connectivity index (χ4v) is 3.74. The van der Waals surface area contributed by atoms with E-state index in [2.05, 4.69) is 17.3 Å². The Bertz CT molecular complexity index is 656. The number of morpholine rings is 1. The lowest BCUT2D eigenvalue weighted by Crippen LogP contribution is -2.45. The Labute approximate surface area is 161 Å². The van der Waals surface area contributed by atoms with Gasteiger partial charge in [0.1, 0.15) is 0 Å². The average molecular weight is 371 g/mol. The minimum atomic E-state index is -0.0832. The maximum Gasteiger partial charge on any atom is 0.244 e. The van der Waals surface area contributed by atoms with E-state index in [0.29, 0.717) is 39.3 Å². The van der Waals surface area contributed by atoms with Gasteiger partial charge in [0.2, 0.25) is 11.8 Å². The Kier molecular flexibility index (Phi) is 7.01. The number of hydrogen-bond acceptors (Lipinski definition) is 4. The van der Waals surface area contributed by atoms with E-state index in [1.807, 2.05) is 41.3 Å². The van der Waals surface area contributed by atoms with Crippen LogP contribution in [-0.2, 0) is 14.3 Å². The fraction of sp³-hybridized carbons (Fsp3) is 0.524. The minimum Gasteiger partial charge on any atom is -0.378 e. The molecule has 2 fully saturated rings. The molecular formula is C21H29N3O3. The van der Waals surface area contributed by atoms with Crippen molar-refractivity contribution in [1.82, 2.24) is 15.1 Å². The molecule has 27 heavy (non-hydrogen) atoms. The second-order valence-corrected chi connectivity index (χ2v) is 7.24. The van der Waals surface area contributed by atoms with E-state index in [0.717, 1.165) is 18.4 Å². The van der Waals surface area contributed by atoms with Crippen LogP contribution in [0.2, 0.25) is 0 Å². The summed E-state index contributed by atoms with van der Waals surface area (Å²) >= 11 is 0. The lowest BCUT2D eigenvalue weighted by Gasteiger charge is -2.30. The third kappa shape index (κ3) is 5.65. The number of carbonyl (C=O) groups excluding carboxylic acids is 2. The summed E-state index contributed by atoms with van der Waals surface area (Å²) in [6, 6.07) is 10.3. The molecule has 1 aromatic carbocycles. The van der Waals surface area contributed by atoms with Gasteiger partial charge in [0, 0.05) is 44.2 Å². The smallest absolute Gasteiger partial charge is 0.244 e. The summed E-state index contributed by atoms with van der Waals surface area (Å²) in [5.74, 6) is 0.130. The zero-order chi connectivity index (χ0) is 19.1. The van der Waals surface area contributed by atoms with E-state index >= 15 is 0 Å². The number of hydrogen-bond donors (Lipinski definition) is 1. The van der Waals surface area contributed by atoms with E-state index in [1.165, 1.54) is 0 Å². The molecule has 0 unspecified atom stereocenters. The summed E-state index contributed by atoms with van der Waals surface area (Å²) < 4.78 is 5.31. The Morgan fingerprint density at radius 1 is 1.15 bits per heavy atom. The standard InChI is InChI=1S/C21H29N3O3/c1-23-18(15-21(26)24-11-13-27-14-12-24)8-9-19(23)16-22-20(25)10-7-17-5-3-2-4-6-17/h2-7,10,18-19H,8-9,11-16H2,1H3,(H,22,25)/t18-,19+/m1/s1. The van der Waals surface area contributed by atoms with Crippen molar-refractivity contribution in [3.8, 4) is 0 Å². The highest BCUT2D eigenvalue weighted by molar-refractivity contribution is 5.91. The largest absolute Gasteiger partial charge is 0.378 e. The first-order valence-electron chi connectivity index (χ1n) is 9.72. The molecule has 2 saturated heterocycles. The Balaban J connectivity index is 1.41. The third-order valence-electron chi connectivity index (χ3n) is 5.50. The zero-order valence-corrected chi connectivity index (χ0v) is 16.0. The molecule has 0 aliphatic carbocycles. The highest BCUT2D eigenvalue weighted by Gasteiger charge is 2.33. The van der Waals surface area contributed by atoms with E-state index < -0.39 is 0 Å². The number of carbonyl (C=O) groups is 2. The number of likely N-dealkylation sites (N-methyl/N-ethyl adjacent to an activating group) is 1. The zero-order valence-electron chi connectivity index (χ0n) is 16.0. The predicted octanol–water partition coefficient (Wildman–Crippen LogP) is 1.53. The van der Waals surface area contributed by atoms with Crippen LogP contribution in [-0.4, -0.2) is 73.6 Å². The lowest BCUT2D eigenvalue weighted by molar-refractivity contribution is -0.136. The molecule has 2 aliphatic rings. The first kappa shape index (κ1) is 19.6.